The molecule has 5 aromatic carbocycles. The van der Waals surface area contributed by atoms with E-state index in [2.05, 4.69) is 32.9 Å². The van der Waals surface area contributed by atoms with Gasteiger partial charge in [0.05, 0.1) is 0 Å². The maximum atomic E-state index is 14.4. The van der Waals surface area contributed by atoms with Crippen molar-refractivity contribution in [3.63, 3.8) is 0 Å². The molecule has 0 aromatic heterocycles. The molecule has 0 heterocycles. The Labute approximate surface area is 263 Å². The van der Waals surface area contributed by atoms with Gasteiger partial charge in [-0.15, -0.1) is 0 Å². The van der Waals surface area contributed by atoms with Gasteiger partial charge < -0.3 is 0 Å². The molecule has 0 fully saturated rings. The zero-order valence-corrected chi connectivity index (χ0v) is 27.1. The molecule has 0 radical (unpaired) electrons. The van der Waals surface area contributed by atoms with Crippen molar-refractivity contribution >= 4 is 0 Å². The van der Waals surface area contributed by atoms with E-state index in [4.69, 9.17) is 0 Å². The van der Waals surface area contributed by atoms with Crippen LogP contribution in [0.15, 0.2) is 109 Å². The quantitative estimate of drug-likeness (QED) is 0.161. The molecule has 0 spiro atoms. The molecule has 0 saturated carbocycles. The molecule has 2 heteroatoms. The molecule has 5 rings (SSSR count). The first kappa shape index (κ1) is 32.9. The van der Waals surface area contributed by atoms with Gasteiger partial charge in [0.15, 0.2) is 0 Å². The number of hydrogen-bond donors (Lipinski definition) is 0. The standard InChI is InChI=1S/C22H29F.C20H17F/c1-16(2)5-6-17(3)7-9-19-10-12-20(13-11-19)21-14-8-18(4)15-22(21)23;1-14-3-7-16(8-4-14)18-11-12-19(20(21)13-18)17-9-5-15(2)6-10-17/h8,10-17H,5-7,9H2,1-4H3;3-13H,1-2H3. The van der Waals surface area contributed by atoms with Gasteiger partial charge in [0.1, 0.15) is 11.6 Å². The lowest BCUT2D eigenvalue weighted by Crippen LogP contribution is -2.00. The highest BCUT2D eigenvalue weighted by molar-refractivity contribution is 5.71. The Bertz CT molecular complexity index is 1610. The predicted octanol–water partition coefficient (Wildman–Crippen LogP) is 12.6. The molecule has 0 aliphatic rings. The molecular weight excluding hydrogens is 542 g/mol. The largest absolute Gasteiger partial charge is 0.206 e. The van der Waals surface area contributed by atoms with E-state index in [1.54, 1.807) is 12.1 Å². The highest BCUT2D eigenvalue weighted by Gasteiger charge is 2.09. The summed E-state index contributed by atoms with van der Waals surface area (Å²) in [5.74, 6) is 1.24. The third-order valence-electron chi connectivity index (χ3n) is 8.27. The lowest BCUT2D eigenvalue weighted by molar-refractivity contribution is 0.428. The molecule has 0 N–H and O–H groups in total. The van der Waals surface area contributed by atoms with Crippen LogP contribution >= 0.6 is 0 Å². The summed E-state index contributed by atoms with van der Waals surface area (Å²) in [7, 11) is 0. The zero-order valence-electron chi connectivity index (χ0n) is 27.1. The molecule has 0 nitrogen and oxygen atoms in total. The molecule has 1 unspecified atom stereocenters. The van der Waals surface area contributed by atoms with Gasteiger partial charge in [-0.1, -0.05) is 142 Å². The van der Waals surface area contributed by atoms with Crippen LogP contribution in [0.25, 0.3) is 33.4 Å². The molecule has 228 valence electrons. The number of rotatable bonds is 9. The minimum Gasteiger partial charge on any atom is -0.206 e. The van der Waals surface area contributed by atoms with E-state index in [1.165, 1.54) is 36.0 Å². The van der Waals surface area contributed by atoms with Crippen molar-refractivity contribution in [3.8, 4) is 33.4 Å². The topological polar surface area (TPSA) is 0 Å². The lowest BCUT2D eigenvalue weighted by Gasteiger charge is -2.13. The summed E-state index contributed by atoms with van der Waals surface area (Å²) in [4.78, 5) is 0. The number of halogens is 2. The Kier molecular flexibility index (Phi) is 11.7. The van der Waals surface area contributed by atoms with Gasteiger partial charge in [0, 0.05) is 11.1 Å². The summed E-state index contributed by atoms with van der Waals surface area (Å²) in [6.07, 6.45) is 4.96. The Hall–Kier alpha value is -4.04. The number of hydrogen-bond acceptors (Lipinski definition) is 0. The van der Waals surface area contributed by atoms with E-state index in [0.29, 0.717) is 11.1 Å². The Morgan fingerprint density at radius 3 is 1.43 bits per heavy atom. The van der Waals surface area contributed by atoms with Gasteiger partial charge >= 0.3 is 0 Å². The van der Waals surface area contributed by atoms with E-state index in [1.807, 2.05) is 106 Å². The second-order valence-corrected chi connectivity index (χ2v) is 12.7. The van der Waals surface area contributed by atoms with Gasteiger partial charge in [-0.3, -0.25) is 0 Å². The highest BCUT2D eigenvalue weighted by Crippen LogP contribution is 2.29. The van der Waals surface area contributed by atoms with E-state index < -0.39 is 0 Å². The number of benzene rings is 5. The molecule has 0 saturated heterocycles. The molecule has 1 atom stereocenters. The van der Waals surface area contributed by atoms with Gasteiger partial charge in [-0.2, -0.15) is 0 Å². The molecule has 0 amide bonds. The van der Waals surface area contributed by atoms with Crippen molar-refractivity contribution in [3.05, 3.63) is 143 Å². The molecule has 0 bridgehead atoms. The van der Waals surface area contributed by atoms with E-state index >= 15 is 0 Å². The fourth-order valence-corrected chi connectivity index (χ4v) is 5.29. The SMILES string of the molecule is Cc1ccc(-c2ccc(-c3ccc(C)cc3)c(F)c2)cc1.Cc1ccc(-c2ccc(CCC(C)CCC(C)C)cc2)c(F)c1. The van der Waals surface area contributed by atoms with Gasteiger partial charge in [0.25, 0.3) is 0 Å². The average molecular weight is 589 g/mol. The summed E-state index contributed by atoms with van der Waals surface area (Å²) < 4.78 is 28.4. The fraction of sp³-hybridized carbons (Fsp3) is 0.286. The summed E-state index contributed by atoms with van der Waals surface area (Å²) >= 11 is 0. The summed E-state index contributed by atoms with van der Waals surface area (Å²) in [6.45, 7) is 12.9. The first-order valence-corrected chi connectivity index (χ1v) is 15.9. The minimum atomic E-state index is -0.183. The van der Waals surface area contributed by atoms with E-state index in [-0.39, 0.29) is 11.6 Å². The van der Waals surface area contributed by atoms with Crippen molar-refractivity contribution in [2.24, 2.45) is 11.8 Å². The van der Waals surface area contributed by atoms with Crippen LogP contribution < -0.4 is 0 Å². The van der Waals surface area contributed by atoms with Crippen LogP contribution in [0.5, 0.6) is 0 Å². The average Bonchev–Trinajstić information content (AvgIpc) is 3.00. The minimum absolute atomic E-state index is 0.139. The maximum Gasteiger partial charge on any atom is 0.131 e. The Morgan fingerprint density at radius 1 is 0.455 bits per heavy atom. The fourth-order valence-electron chi connectivity index (χ4n) is 5.29. The maximum absolute atomic E-state index is 14.4. The van der Waals surface area contributed by atoms with Crippen molar-refractivity contribution in [1.29, 1.82) is 0 Å². The summed E-state index contributed by atoms with van der Waals surface area (Å²) in [5.41, 5.74) is 9.83. The highest BCUT2D eigenvalue weighted by atomic mass is 19.1. The smallest absolute Gasteiger partial charge is 0.131 e. The third-order valence-corrected chi connectivity index (χ3v) is 8.27. The van der Waals surface area contributed by atoms with Crippen LogP contribution in [0.2, 0.25) is 0 Å². The van der Waals surface area contributed by atoms with Crippen molar-refractivity contribution in [2.45, 2.75) is 67.2 Å². The summed E-state index contributed by atoms with van der Waals surface area (Å²) in [5, 5.41) is 0. The number of aryl methyl sites for hydroxylation is 4. The molecule has 44 heavy (non-hydrogen) atoms. The van der Waals surface area contributed by atoms with Crippen LogP contribution in [-0.2, 0) is 6.42 Å². The van der Waals surface area contributed by atoms with E-state index in [0.717, 1.165) is 46.1 Å². The molecule has 5 aromatic rings. The van der Waals surface area contributed by atoms with Gasteiger partial charge in [0.2, 0.25) is 0 Å². The van der Waals surface area contributed by atoms with Crippen molar-refractivity contribution in [2.75, 3.05) is 0 Å². The van der Waals surface area contributed by atoms with Crippen LogP contribution in [0, 0.1) is 44.2 Å². The van der Waals surface area contributed by atoms with Gasteiger partial charge in [-0.05, 0) is 91.0 Å². The first-order chi connectivity index (χ1) is 21.1. The van der Waals surface area contributed by atoms with Crippen LogP contribution in [-0.4, -0.2) is 0 Å². The van der Waals surface area contributed by atoms with Crippen molar-refractivity contribution in [1.82, 2.24) is 0 Å². The third kappa shape index (κ3) is 9.48. The van der Waals surface area contributed by atoms with Gasteiger partial charge in [-0.25, -0.2) is 8.78 Å². The normalized spacial score (nSPS) is 11.7. The Morgan fingerprint density at radius 2 is 0.909 bits per heavy atom. The van der Waals surface area contributed by atoms with E-state index in [9.17, 15) is 8.78 Å². The summed E-state index contributed by atoms with van der Waals surface area (Å²) in [6, 6.07) is 35.3. The monoisotopic (exact) mass is 588 g/mol. The van der Waals surface area contributed by atoms with Crippen LogP contribution in [0.1, 0.15) is 62.3 Å². The van der Waals surface area contributed by atoms with Crippen molar-refractivity contribution < 1.29 is 8.78 Å². The zero-order chi connectivity index (χ0) is 31.6. The van der Waals surface area contributed by atoms with Crippen LogP contribution in [0.4, 0.5) is 8.78 Å². The second kappa shape index (κ2) is 15.6. The second-order valence-electron chi connectivity index (χ2n) is 12.7. The molecule has 0 aliphatic carbocycles. The molecular formula is C42H46F2. The predicted molar refractivity (Wildman–Crippen MR) is 185 cm³/mol. The molecule has 0 aliphatic heterocycles. The van der Waals surface area contributed by atoms with Crippen LogP contribution in [0.3, 0.4) is 0 Å². The Balaban J connectivity index is 0.000000201. The lowest BCUT2D eigenvalue weighted by atomic mass is 9.93. The first-order valence-electron chi connectivity index (χ1n) is 15.9.